The fraction of sp³-hybridized carbons (Fsp3) is 0.778. The Bertz CT molecular complexity index is 130. The summed E-state index contributed by atoms with van der Waals surface area (Å²) in [6.45, 7) is 4.28. The molecule has 3 N–H and O–H groups in total. The molecule has 4 heteroatoms. The van der Waals surface area contributed by atoms with E-state index < -0.39 is 5.97 Å². The van der Waals surface area contributed by atoms with Crippen LogP contribution in [0, 0.1) is 0 Å². The quantitative estimate of drug-likeness (QED) is 0.502. The first-order valence-corrected chi connectivity index (χ1v) is 4.45. The summed E-state index contributed by atoms with van der Waals surface area (Å²) in [7, 11) is 0. The minimum atomic E-state index is -1.06. The molecule has 0 heterocycles. The van der Waals surface area contributed by atoms with Gasteiger partial charge >= 0.3 is 5.97 Å². The van der Waals surface area contributed by atoms with Gasteiger partial charge < -0.3 is 10.8 Å². The number of carbonyl (C=O) groups excluding carboxylic acids is 1. The van der Waals surface area contributed by atoms with Gasteiger partial charge in [0.25, 0.3) is 0 Å². The van der Waals surface area contributed by atoms with Crippen molar-refractivity contribution in [3.63, 3.8) is 0 Å². The predicted molar refractivity (Wildman–Crippen MR) is 51.5 cm³/mol. The highest BCUT2D eigenvalue weighted by Gasteiger charge is 1.98. The van der Waals surface area contributed by atoms with Crippen LogP contribution in [0.2, 0.25) is 0 Å². The van der Waals surface area contributed by atoms with E-state index in [1.165, 1.54) is 26.2 Å². The number of carbonyl (C=O) groups is 2. The lowest BCUT2D eigenvalue weighted by Gasteiger charge is -1.86. The van der Waals surface area contributed by atoms with Crippen LogP contribution in [0.3, 0.4) is 0 Å². The first-order valence-electron chi connectivity index (χ1n) is 4.45. The Morgan fingerprint density at radius 2 is 1.85 bits per heavy atom. The molecule has 0 aliphatic heterocycles. The molecular formula is C9H19NO3. The lowest BCUT2D eigenvalue weighted by molar-refractivity contribution is -0.139. The zero-order chi connectivity index (χ0) is 10.7. The number of carboxylic acids is 1. The number of unbranched alkanes of at least 4 members (excludes halogenated alkanes) is 2. The van der Waals surface area contributed by atoms with Crippen LogP contribution in [0.1, 0.15) is 39.5 Å². The van der Waals surface area contributed by atoms with Crippen LogP contribution in [0.25, 0.3) is 0 Å². The number of carboxylic acid groups (broad SMARTS) is 1. The van der Waals surface area contributed by atoms with Crippen LogP contribution in [0.4, 0.5) is 0 Å². The van der Waals surface area contributed by atoms with E-state index in [0.29, 0.717) is 0 Å². The van der Waals surface area contributed by atoms with Crippen molar-refractivity contribution < 1.29 is 14.7 Å². The minimum absolute atomic E-state index is 0.312. The Morgan fingerprint density at radius 3 is 1.92 bits per heavy atom. The summed E-state index contributed by atoms with van der Waals surface area (Å²) >= 11 is 0. The van der Waals surface area contributed by atoms with Gasteiger partial charge in [0.1, 0.15) is 12.2 Å². The fourth-order valence-corrected chi connectivity index (χ4v) is 0.607. The highest BCUT2D eigenvalue weighted by molar-refractivity contribution is 5.93. The lowest BCUT2D eigenvalue weighted by Crippen LogP contribution is -2.00. The molecule has 0 saturated heterocycles. The monoisotopic (exact) mass is 189 g/mol. The van der Waals surface area contributed by atoms with Crippen molar-refractivity contribution in [1.82, 2.24) is 0 Å². The second-order valence-corrected chi connectivity index (χ2v) is 2.77. The zero-order valence-electron chi connectivity index (χ0n) is 8.38. The summed E-state index contributed by atoms with van der Waals surface area (Å²) in [6.07, 6.45) is 3.39. The van der Waals surface area contributed by atoms with Gasteiger partial charge in [0.05, 0.1) is 0 Å². The Balaban J connectivity index is 0. The second-order valence-electron chi connectivity index (χ2n) is 2.77. The molecule has 78 valence electrons. The summed E-state index contributed by atoms with van der Waals surface area (Å²) < 4.78 is 0. The summed E-state index contributed by atoms with van der Waals surface area (Å²) in [4.78, 5) is 19.5. The summed E-state index contributed by atoms with van der Waals surface area (Å²) in [5.41, 5.74) is 5.21. The molecule has 0 unspecified atom stereocenters. The maximum atomic E-state index is 9.87. The smallest absolute Gasteiger partial charge is 0.310 e. The summed E-state index contributed by atoms with van der Waals surface area (Å²) in [5.74, 6) is -1.37. The molecule has 0 saturated carbocycles. The number of aliphatic carboxylic acids is 1. The van der Waals surface area contributed by atoms with Crippen molar-refractivity contribution >= 4 is 11.8 Å². The van der Waals surface area contributed by atoms with Crippen LogP contribution in [-0.2, 0) is 9.59 Å². The minimum Gasteiger partial charge on any atom is -0.481 e. The molecule has 0 aliphatic rings. The van der Waals surface area contributed by atoms with Gasteiger partial charge in [-0.15, -0.1) is 0 Å². The first-order chi connectivity index (χ1) is 6.04. The normalized spacial score (nSPS) is 8.54. The SMILES string of the molecule is CC(=O)CC(=O)O.CCCCCN. The van der Waals surface area contributed by atoms with Crippen LogP contribution in [0.15, 0.2) is 0 Å². The Labute approximate surface area is 79.1 Å². The molecule has 0 fully saturated rings. The lowest BCUT2D eigenvalue weighted by atomic mass is 10.3. The molecule has 0 amide bonds. The molecule has 0 aromatic heterocycles. The van der Waals surface area contributed by atoms with E-state index in [2.05, 4.69) is 6.92 Å². The highest BCUT2D eigenvalue weighted by atomic mass is 16.4. The van der Waals surface area contributed by atoms with E-state index in [-0.39, 0.29) is 12.2 Å². The van der Waals surface area contributed by atoms with E-state index in [1.807, 2.05) is 0 Å². The summed E-state index contributed by atoms with van der Waals surface area (Å²) in [5, 5.41) is 7.86. The number of hydrogen-bond acceptors (Lipinski definition) is 3. The van der Waals surface area contributed by atoms with Gasteiger partial charge in [0.2, 0.25) is 0 Å². The van der Waals surface area contributed by atoms with E-state index in [4.69, 9.17) is 10.8 Å². The molecule has 13 heavy (non-hydrogen) atoms. The largest absolute Gasteiger partial charge is 0.481 e. The van der Waals surface area contributed by atoms with Gasteiger partial charge in [-0.2, -0.15) is 0 Å². The van der Waals surface area contributed by atoms with Gasteiger partial charge in [-0.3, -0.25) is 9.59 Å². The topological polar surface area (TPSA) is 80.4 Å². The molecule has 0 radical (unpaired) electrons. The molecule has 0 rings (SSSR count). The Kier molecular flexibility index (Phi) is 12.5. The van der Waals surface area contributed by atoms with Crippen LogP contribution in [-0.4, -0.2) is 23.4 Å². The van der Waals surface area contributed by atoms with Crippen molar-refractivity contribution in [2.45, 2.75) is 39.5 Å². The third kappa shape index (κ3) is 24.7. The van der Waals surface area contributed by atoms with E-state index in [0.717, 1.165) is 6.54 Å². The molecule has 0 spiro atoms. The molecule has 0 bridgehead atoms. The second kappa shape index (κ2) is 11.1. The van der Waals surface area contributed by atoms with Crippen LogP contribution in [0.5, 0.6) is 0 Å². The average Bonchev–Trinajstić information content (AvgIpc) is 1.99. The summed E-state index contributed by atoms with van der Waals surface area (Å²) in [6, 6.07) is 0. The molecule has 0 aliphatic carbocycles. The number of ketones is 1. The molecule has 0 atom stereocenters. The maximum Gasteiger partial charge on any atom is 0.310 e. The first kappa shape index (κ1) is 14.6. The van der Waals surface area contributed by atoms with Gasteiger partial charge in [-0.1, -0.05) is 19.8 Å². The Morgan fingerprint density at radius 1 is 1.31 bits per heavy atom. The Hall–Kier alpha value is -0.900. The van der Waals surface area contributed by atoms with Gasteiger partial charge in [-0.25, -0.2) is 0 Å². The number of rotatable bonds is 5. The van der Waals surface area contributed by atoms with Crippen molar-refractivity contribution in [3.8, 4) is 0 Å². The molecule has 0 aromatic rings. The van der Waals surface area contributed by atoms with E-state index in [9.17, 15) is 9.59 Å². The third-order valence-corrected chi connectivity index (χ3v) is 1.21. The van der Waals surface area contributed by atoms with Crippen LogP contribution < -0.4 is 5.73 Å². The third-order valence-electron chi connectivity index (χ3n) is 1.21. The molecule has 4 nitrogen and oxygen atoms in total. The average molecular weight is 189 g/mol. The van der Waals surface area contributed by atoms with Crippen molar-refractivity contribution in [2.24, 2.45) is 5.73 Å². The standard InChI is InChI=1S/C5H13N.C4H6O3/c1-2-3-4-5-6;1-3(5)2-4(6)7/h2-6H2,1H3;2H2,1H3,(H,6,7). The van der Waals surface area contributed by atoms with Crippen molar-refractivity contribution in [1.29, 1.82) is 0 Å². The molecule has 0 aromatic carbocycles. The van der Waals surface area contributed by atoms with E-state index >= 15 is 0 Å². The number of hydrogen-bond donors (Lipinski definition) is 2. The van der Waals surface area contributed by atoms with Gasteiger partial charge in [0, 0.05) is 0 Å². The highest BCUT2D eigenvalue weighted by Crippen LogP contribution is 1.88. The number of Topliss-reactive ketones (excluding diaryl/α,β-unsaturated/α-hetero) is 1. The predicted octanol–water partition coefficient (Wildman–Crippen LogP) is 1.19. The fourth-order valence-electron chi connectivity index (χ4n) is 0.607. The van der Waals surface area contributed by atoms with E-state index in [1.54, 1.807) is 0 Å². The number of nitrogens with two attached hydrogens (primary N) is 1. The zero-order valence-corrected chi connectivity index (χ0v) is 8.38. The maximum absolute atomic E-state index is 9.87. The van der Waals surface area contributed by atoms with Crippen molar-refractivity contribution in [3.05, 3.63) is 0 Å². The van der Waals surface area contributed by atoms with Gasteiger partial charge in [0.15, 0.2) is 0 Å². The van der Waals surface area contributed by atoms with Crippen molar-refractivity contribution in [2.75, 3.05) is 6.54 Å². The van der Waals surface area contributed by atoms with Gasteiger partial charge in [-0.05, 0) is 19.9 Å². The van der Waals surface area contributed by atoms with Crippen LogP contribution >= 0.6 is 0 Å². The molecular weight excluding hydrogens is 170 g/mol.